The zero-order chi connectivity index (χ0) is 30.7. The first-order valence-electron chi connectivity index (χ1n) is 18.9. The van der Waals surface area contributed by atoms with E-state index in [2.05, 4.69) is 32.6 Å². The minimum Gasteiger partial charge on any atom is -0.378 e. The first kappa shape index (κ1) is 36.3. The lowest BCUT2D eigenvalue weighted by Gasteiger charge is -2.37. The summed E-state index contributed by atoms with van der Waals surface area (Å²) in [5.74, 6) is 9.48. The molecule has 0 saturated heterocycles. The Kier molecular flexibility index (Phi) is 18.2. The Balaban J connectivity index is 1.28. The van der Waals surface area contributed by atoms with Gasteiger partial charge in [-0.25, -0.2) is 0 Å². The number of hydrogen-bond acceptors (Lipinski definition) is 4. The Bertz CT molecular complexity index is 790. The minimum absolute atomic E-state index is 0.0935. The van der Waals surface area contributed by atoms with Crippen molar-refractivity contribution in [1.29, 1.82) is 0 Å². The molecule has 43 heavy (non-hydrogen) atoms. The normalized spacial score (nSPS) is 30.3. The van der Waals surface area contributed by atoms with Crippen molar-refractivity contribution in [2.24, 2.45) is 23.7 Å². The summed E-state index contributed by atoms with van der Waals surface area (Å²) in [6.45, 7) is 7.55. The van der Waals surface area contributed by atoms with E-state index in [1.54, 1.807) is 0 Å². The van der Waals surface area contributed by atoms with E-state index < -0.39 is 6.04 Å². The fourth-order valence-corrected chi connectivity index (χ4v) is 8.04. The van der Waals surface area contributed by atoms with Crippen LogP contribution in [0.25, 0.3) is 0 Å². The molecule has 4 atom stereocenters. The van der Waals surface area contributed by atoms with Gasteiger partial charge in [-0.3, -0.25) is 10.1 Å². The maximum atomic E-state index is 11.9. The van der Waals surface area contributed by atoms with Crippen LogP contribution in [0.15, 0.2) is 0 Å². The van der Waals surface area contributed by atoms with Gasteiger partial charge >= 0.3 is 0 Å². The Morgan fingerprint density at radius 1 is 0.698 bits per heavy atom. The van der Waals surface area contributed by atoms with E-state index >= 15 is 0 Å². The highest BCUT2D eigenvalue weighted by Crippen LogP contribution is 2.40. The summed E-state index contributed by atoms with van der Waals surface area (Å²) < 4.78 is 12.5. The number of nitrogens with zero attached hydrogens (tertiary/aromatic N) is 1. The Hall–Kier alpha value is -1.12. The molecule has 0 spiro atoms. The molecule has 0 aromatic heterocycles. The lowest BCUT2D eigenvalue weighted by atomic mass is 9.70. The highest BCUT2D eigenvalue weighted by atomic mass is 16.6. The van der Waals surface area contributed by atoms with Crippen molar-refractivity contribution in [3.8, 4) is 11.8 Å². The van der Waals surface area contributed by atoms with Gasteiger partial charge in [0.1, 0.15) is 6.10 Å². The SMILES string of the molecule is CCCCCCCCCCOC1CCC(C2CCC(C#CC3CCC(OC(C)CCCCCC)C([N+](=O)[O-])C3)CC2)CC1. The van der Waals surface area contributed by atoms with Crippen LogP contribution in [0.5, 0.6) is 0 Å². The molecule has 0 N–H and O–H groups in total. The van der Waals surface area contributed by atoms with E-state index in [0.717, 1.165) is 44.1 Å². The van der Waals surface area contributed by atoms with Gasteiger partial charge in [0.15, 0.2) is 0 Å². The smallest absolute Gasteiger partial charge is 0.240 e. The summed E-state index contributed by atoms with van der Waals surface area (Å²) in [5.41, 5.74) is 0. The Labute approximate surface area is 265 Å². The van der Waals surface area contributed by atoms with Gasteiger partial charge in [0.05, 0.1) is 12.2 Å². The lowest BCUT2D eigenvalue weighted by molar-refractivity contribution is -0.541. The second-order valence-corrected chi connectivity index (χ2v) is 14.5. The molecule has 3 saturated carbocycles. The van der Waals surface area contributed by atoms with Crippen LogP contribution in [-0.2, 0) is 9.47 Å². The third kappa shape index (κ3) is 14.2. The summed E-state index contributed by atoms with van der Waals surface area (Å²) in [6.07, 6.45) is 29.6. The van der Waals surface area contributed by atoms with Crippen LogP contribution in [-0.4, -0.2) is 35.9 Å². The van der Waals surface area contributed by atoms with E-state index in [-0.39, 0.29) is 23.0 Å². The number of unbranched alkanes of at least 4 members (excludes halogenated alkanes) is 10. The van der Waals surface area contributed by atoms with Crippen molar-refractivity contribution in [2.75, 3.05) is 6.61 Å². The van der Waals surface area contributed by atoms with E-state index in [1.807, 2.05) is 0 Å². The second kappa shape index (κ2) is 21.6. The molecule has 3 rings (SSSR count). The minimum atomic E-state index is -0.610. The highest BCUT2D eigenvalue weighted by molar-refractivity contribution is 5.10. The molecule has 3 aliphatic rings. The fourth-order valence-electron chi connectivity index (χ4n) is 8.04. The second-order valence-electron chi connectivity index (χ2n) is 14.5. The lowest BCUT2D eigenvalue weighted by Crippen LogP contribution is -2.42. The molecule has 0 radical (unpaired) electrons. The molecular formula is C38H67NO4. The first-order valence-corrected chi connectivity index (χ1v) is 18.9. The highest BCUT2D eigenvalue weighted by Gasteiger charge is 2.39. The molecule has 3 fully saturated rings. The molecule has 0 heterocycles. The molecule has 5 nitrogen and oxygen atoms in total. The average molecular weight is 602 g/mol. The zero-order valence-electron chi connectivity index (χ0n) is 28.4. The van der Waals surface area contributed by atoms with Gasteiger partial charge in [-0.2, -0.15) is 0 Å². The monoisotopic (exact) mass is 602 g/mol. The summed E-state index contributed by atoms with van der Waals surface area (Å²) in [6, 6.07) is -0.610. The molecule has 3 aliphatic carbocycles. The largest absolute Gasteiger partial charge is 0.378 e. The molecule has 0 bridgehead atoms. The van der Waals surface area contributed by atoms with E-state index in [9.17, 15) is 10.1 Å². The Morgan fingerprint density at radius 3 is 1.86 bits per heavy atom. The van der Waals surface area contributed by atoms with Crippen LogP contribution in [0.2, 0.25) is 0 Å². The quantitative estimate of drug-likeness (QED) is 0.0639. The van der Waals surface area contributed by atoms with E-state index in [4.69, 9.17) is 9.47 Å². The van der Waals surface area contributed by atoms with E-state index in [1.165, 1.54) is 122 Å². The molecule has 0 aromatic rings. The van der Waals surface area contributed by atoms with Crippen LogP contribution in [0.3, 0.4) is 0 Å². The zero-order valence-corrected chi connectivity index (χ0v) is 28.4. The predicted molar refractivity (Wildman–Crippen MR) is 179 cm³/mol. The molecule has 5 heteroatoms. The van der Waals surface area contributed by atoms with Crippen molar-refractivity contribution < 1.29 is 14.4 Å². The van der Waals surface area contributed by atoms with Crippen LogP contribution in [0.1, 0.15) is 175 Å². The van der Waals surface area contributed by atoms with Crippen LogP contribution < -0.4 is 0 Å². The average Bonchev–Trinajstić information content (AvgIpc) is 3.02. The van der Waals surface area contributed by atoms with Crippen LogP contribution >= 0.6 is 0 Å². The topological polar surface area (TPSA) is 61.6 Å². The van der Waals surface area contributed by atoms with Crippen molar-refractivity contribution in [3.63, 3.8) is 0 Å². The van der Waals surface area contributed by atoms with Gasteiger partial charge in [0.25, 0.3) is 0 Å². The van der Waals surface area contributed by atoms with E-state index in [0.29, 0.717) is 18.4 Å². The van der Waals surface area contributed by atoms with Crippen molar-refractivity contribution in [2.45, 2.75) is 199 Å². The summed E-state index contributed by atoms with van der Waals surface area (Å²) >= 11 is 0. The summed E-state index contributed by atoms with van der Waals surface area (Å²) in [4.78, 5) is 11.8. The third-order valence-electron chi connectivity index (χ3n) is 10.9. The van der Waals surface area contributed by atoms with Gasteiger partial charge in [0.2, 0.25) is 6.04 Å². The van der Waals surface area contributed by atoms with Crippen molar-refractivity contribution in [3.05, 3.63) is 10.1 Å². The van der Waals surface area contributed by atoms with Gasteiger partial charge in [0, 0.05) is 29.8 Å². The number of ether oxygens (including phenoxy) is 2. The molecule has 4 unspecified atom stereocenters. The maximum absolute atomic E-state index is 11.9. The first-order chi connectivity index (χ1) is 21.0. The fraction of sp³-hybridized carbons (Fsp3) is 0.947. The van der Waals surface area contributed by atoms with Crippen molar-refractivity contribution in [1.82, 2.24) is 0 Å². The number of rotatable bonds is 19. The predicted octanol–water partition coefficient (Wildman–Crippen LogP) is 10.7. The summed E-state index contributed by atoms with van der Waals surface area (Å²) in [5, 5.41) is 11.9. The Morgan fingerprint density at radius 2 is 1.23 bits per heavy atom. The standard InChI is InChI=1S/C38H67NO4/c1-4-6-8-10-11-12-13-15-29-42-36-26-24-35(25-27-36)34-22-19-32(20-23-34)17-18-33-21-28-38(37(30-33)39(40)41)43-31(3)16-14-9-7-5-2/h31-38H,4-16,19-30H2,1-3H3. The van der Waals surface area contributed by atoms with Gasteiger partial charge in [-0.05, 0) is 95.8 Å². The van der Waals surface area contributed by atoms with Gasteiger partial charge in [-0.1, -0.05) is 96.3 Å². The number of hydrogen-bond donors (Lipinski definition) is 0. The van der Waals surface area contributed by atoms with Crippen molar-refractivity contribution >= 4 is 0 Å². The molecular weight excluding hydrogens is 534 g/mol. The maximum Gasteiger partial charge on any atom is 0.240 e. The third-order valence-corrected chi connectivity index (χ3v) is 10.9. The summed E-state index contributed by atoms with van der Waals surface area (Å²) in [7, 11) is 0. The van der Waals surface area contributed by atoms with Gasteiger partial charge in [-0.15, -0.1) is 0 Å². The molecule has 0 amide bonds. The molecule has 0 aliphatic heterocycles. The van der Waals surface area contributed by atoms with Crippen LogP contribution in [0.4, 0.5) is 0 Å². The molecule has 0 aromatic carbocycles. The van der Waals surface area contributed by atoms with Crippen LogP contribution in [0, 0.1) is 45.6 Å². The molecule has 248 valence electrons. The van der Waals surface area contributed by atoms with Gasteiger partial charge < -0.3 is 9.47 Å². The number of nitro groups is 1.